The molecule has 1 amide bonds. The van der Waals surface area contributed by atoms with Gasteiger partial charge in [0, 0.05) is 26.2 Å². The summed E-state index contributed by atoms with van der Waals surface area (Å²) in [5.41, 5.74) is 0.762. The highest BCUT2D eigenvalue weighted by Gasteiger charge is 2.57. The van der Waals surface area contributed by atoms with Crippen molar-refractivity contribution in [2.24, 2.45) is 5.92 Å². The lowest BCUT2D eigenvalue weighted by atomic mass is 10.2. The van der Waals surface area contributed by atoms with Crippen molar-refractivity contribution in [2.45, 2.75) is 16.5 Å². The van der Waals surface area contributed by atoms with Crippen LogP contribution in [0.1, 0.15) is 12.0 Å². The number of benzene rings is 1. The van der Waals surface area contributed by atoms with Gasteiger partial charge in [-0.1, -0.05) is 30.3 Å². The Bertz CT molecular complexity index is 686. The number of sulfonamides is 1. The SMILES string of the molecule is O=C(C1CC1(Cl)Cl)N1CCN(S(=O)(=O)Cc2ccccc2)CC1. The average Bonchev–Trinajstić information content (AvgIpc) is 3.16. The van der Waals surface area contributed by atoms with Crippen LogP contribution in [0.15, 0.2) is 30.3 Å². The summed E-state index contributed by atoms with van der Waals surface area (Å²) >= 11 is 11.8. The summed E-state index contributed by atoms with van der Waals surface area (Å²) < 4.78 is 25.4. The van der Waals surface area contributed by atoms with E-state index in [4.69, 9.17) is 23.2 Å². The molecule has 1 aliphatic carbocycles. The predicted molar refractivity (Wildman–Crippen MR) is 89.8 cm³/mol. The molecule has 1 atom stereocenters. The van der Waals surface area contributed by atoms with E-state index in [-0.39, 0.29) is 17.6 Å². The van der Waals surface area contributed by atoms with Crippen LogP contribution >= 0.6 is 23.2 Å². The van der Waals surface area contributed by atoms with E-state index in [2.05, 4.69) is 0 Å². The summed E-state index contributed by atoms with van der Waals surface area (Å²) in [5, 5.41) is 0. The number of carbonyl (C=O) groups excluding carboxylic acids is 1. The Hall–Kier alpha value is -0.820. The van der Waals surface area contributed by atoms with Crippen molar-refractivity contribution in [1.82, 2.24) is 9.21 Å². The Morgan fingerprint density at radius 1 is 1.13 bits per heavy atom. The van der Waals surface area contributed by atoms with Gasteiger partial charge >= 0.3 is 0 Å². The zero-order valence-electron chi connectivity index (χ0n) is 12.5. The Labute approximate surface area is 146 Å². The van der Waals surface area contributed by atoms with Crippen molar-refractivity contribution in [3.63, 3.8) is 0 Å². The first kappa shape index (κ1) is 17.0. The molecular weight excluding hydrogens is 359 g/mol. The summed E-state index contributed by atoms with van der Waals surface area (Å²) in [4.78, 5) is 13.9. The Morgan fingerprint density at radius 3 is 2.22 bits per heavy atom. The molecular formula is C15H18Cl2N2O3S. The number of halogens is 2. The molecule has 1 unspecified atom stereocenters. The lowest BCUT2D eigenvalue weighted by molar-refractivity contribution is -0.133. The number of hydrogen-bond donors (Lipinski definition) is 0. The number of alkyl halides is 2. The van der Waals surface area contributed by atoms with Crippen LogP contribution in [0, 0.1) is 5.92 Å². The summed E-state index contributed by atoms with van der Waals surface area (Å²) in [5.74, 6) is -0.440. The molecule has 2 fully saturated rings. The monoisotopic (exact) mass is 376 g/mol. The van der Waals surface area contributed by atoms with Crippen LogP contribution in [0.3, 0.4) is 0 Å². The molecule has 0 aromatic heterocycles. The number of rotatable bonds is 4. The number of amides is 1. The molecule has 1 aliphatic heterocycles. The molecule has 8 heteroatoms. The first-order valence-corrected chi connectivity index (χ1v) is 9.84. The molecule has 3 rings (SSSR count). The van der Waals surface area contributed by atoms with Gasteiger partial charge in [0.05, 0.1) is 11.7 Å². The smallest absolute Gasteiger partial charge is 0.228 e. The maximum Gasteiger partial charge on any atom is 0.228 e. The minimum absolute atomic E-state index is 0.0170. The van der Waals surface area contributed by atoms with Crippen molar-refractivity contribution in [2.75, 3.05) is 26.2 Å². The molecule has 23 heavy (non-hydrogen) atoms. The van der Waals surface area contributed by atoms with Crippen LogP contribution in [0.4, 0.5) is 0 Å². The van der Waals surface area contributed by atoms with Gasteiger partial charge in [-0.2, -0.15) is 4.31 Å². The van der Waals surface area contributed by atoms with Crippen LogP contribution in [0.5, 0.6) is 0 Å². The van der Waals surface area contributed by atoms with Gasteiger partial charge in [0.1, 0.15) is 4.33 Å². The first-order chi connectivity index (χ1) is 10.8. The second-order valence-electron chi connectivity index (χ2n) is 5.98. The van der Waals surface area contributed by atoms with Crippen molar-refractivity contribution in [3.05, 3.63) is 35.9 Å². The maximum absolute atomic E-state index is 12.5. The molecule has 0 radical (unpaired) electrons. The van der Waals surface area contributed by atoms with Crippen molar-refractivity contribution in [1.29, 1.82) is 0 Å². The number of piperazine rings is 1. The third-order valence-corrected chi connectivity index (χ3v) is 6.95. The van der Waals surface area contributed by atoms with Crippen LogP contribution in [0.25, 0.3) is 0 Å². The second kappa shape index (κ2) is 6.24. The fourth-order valence-electron chi connectivity index (χ4n) is 2.76. The Kier molecular flexibility index (Phi) is 4.62. The summed E-state index contributed by atoms with van der Waals surface area (Å²) in [6.07, 6.45) is 0.474. The van der Waals surface area contributed by atoms with Gasteiger partial charge in [0.25, 0.3) is 0 Å². The fourth-order valence-corrected chi connectivity index (χ4v) is 4.78. The molecule has 0 spiro atoms. The van der Waals surface area contributed by atoms with Crippen LogP contribution < -0.4 is 0 Å². The highest BCUT2D eigenvalue weighted by Crippen LogP contribution is 2.53. The van der Waals surface area contributed by atoms with Gasteiger partial charge in [-0.3, -0.25) is 4.79 Å². The van der Waals surface area contributed by atoms with E-state index in [1.54, 1.807) is 17.0 Å². The minimum atomic E-state index is -3.37. The largest absolute Gasteiger partial charge is 0.340 e. The Balaban J connectivity index is 1.57. The molecule has 1 aromatic carbocycles. The van der Waals surface area contributed by atoms with Gasteiger partial charge in [0.15, 0.2) is 0 Å². The average molecular weight is 377 g/mol. The van der Waals surface area contributed by atoms with E-state index < -0.39 is 14.4 Å². The zero-order valence-corrected chi connectivity index (χ0v) is 14.8. The quantitative estimate of drug-likeness (QED) is 0.753. The van der Waals surface area contributed by atoms with Gasteiger partial charge in [-0.05, 0) is 12.0 Å². The van der Waals surface area contributed by atoms with E-state index in [0.717, 1.165) is 5.56 Å². The van der Waals surface area contributed by atoms with Gasteiger partial charge < -0.3 is 4.90 Å². The zero-order chi connectivity index (χ0) is 16.7. The molecule has 5 nitrogen and oxygen atoms in total. The van der Waals surface area contributed by atoms with Gasteiger partial charge in [-0.15, -0.1) is 23.2 Å². The highest BCUT2D eigenvalue weighted by atomic mass is 35.5. The fraction of sp³-hybridized carbons (Fsp3) is 0.533. The summed E-state index contributed by atoms with van der Waals surface area (Å²) in [6, 6.07) is 9.09. The second-order valence-corrected chi connectivity index (χ2v) is 9.50. The topological polar surface area (TPSA) is 57.7 Å². The van der Waals surface area contributed by atoms with E-state index >= 15 is 0 Å². The summed E-state index contributed by atoms with van der Waals surface area (Å²) in [7, 11) is -3.37. The van der Waals surface area contributed by atoms with E-state index in [1.807, 2.05) is 18.2 Å². The van der Waals surface area contributed by atoms with Crippen LogP contribution in [-0.2, 0) is 20.6 Å². The van der Waals surface area contributed by atoms with Crippen molar-refractivity contribution in [3.8, 4) is 0 Å². The minimum Gasteiger partial charge on any atom is -0.340 e. The standard InChI is InChI=1S/C15H18Cl2N2O3S/c16-15(17)10-13(15)14(20)18-6-8-19(9-7-18)23(21,22)11-12-4-2-1-3-5-12/h1-5,13H,6-11H2. The maximum atomic E-state index is 12.5. The number of carbonyl (C=O) groups is 1. The van der Waals surface area contributed by atoms with Gasteiger partial charge in [0.2, 0.25) is 15.9 Å². The molecule has 2 aliphatic rings. The molecule has 1 saturated carbocycles. The predicted octanol–water partition coefficient (Wildman–Crippen LogP) is 1.85. The third-order valence-electron chi connectivity index (χ3n) is 4.26. The van der Waals surface area contributed by atoms with E-state index in [1.165, 1.54) is 4.31 Å². The lowest BCUT2D eigenvalue weighted by Crippen LogP contribution is -2.51. The third kappa shape index (κ3) is 3.82. The Morgan fingerprint density at radius 2 is 1.70 bits per heavy atom. The number of nitrogens with zero attached hydrogens (tertiary/aromatic N) is 2. The van der Waals surface area contributed by atoms with E-state index in [9.17, 15) is 13.2 Å². The first-order valence-electron chi connectivity index (χ1n) is 7.48. The molecule has 1 saturated heterocycles. The highest BCUT2D eigenvalue weighted by molar-refractivity contribution is 7.88. The normalized spacial score (nSPS) is 24.4. The summed E-state index contributed by atoms with van der Waals surface area (Å²) in [6.45, 7) is 1.39. The van der Waals surface area contributed by atoms with Crippen LogP contribution in [0.2, 0.25) is 0 Å². The molecule has 0 N–H and O–H groups in total. The van der Waals surface area contributed by atoms with Gasteiger partial charge in [-0.25, -0.2) is 8.42 Å². The number of hydrogen-bond acceptors (Lipinski definition) is 3. The van der Waals surface area contributed by atoms with Crippen LogP contribution in [-0.4, -0.2) is 54.0 Å². The molecule has 1 heterocycles. The van der Waals surface area contributed by atoms with E-state index in [0.29, 0.717) is 32.6 Å². The molecule has 0 bridgehead atoms. The molecule has 1 aromatic rings. The van der Waals surface area contributed by atoms with Crippen molar-refractivity contribution >= 4 is 39.1 Å². The molecule has 126 valence electrons. The lowest BCUT2D eigenvalue weighted by Gasteiger charge is -2.34. The van der Waals surface area contributed by atoms with Crippen molar-refractivity contribution < 1.29 is 13.2 Å².